The van der Waals surface area contributed by atoms with Crippen molar-refractivity contribution in [3.8, 4) is 0 Å². The van der Waals surface area contributed by atoms with Crippen molar-refractivity contribution in [3.05, 3.63) is 0 Å². The third-order valence-electron chi connectivity index (χ3n) is 2.79. The average molecular weight is 246 g/mol. The minimum atomic E-state index is -0.0933. The van der Waals surface area contributed by atoms with Gasteiger partial charge in [-0.1, -0.05) is 52.9 Å². The fraction of sp³-hybridized carbons (Fsp3) is 1.00. The van der Waals surface area contributed by atoms with Crippen LogP contribution in [0.5, 0.6) is 0 Å². The molecule has 0 N–H and O–H groups in total. The standard InChI is InChI=1S/C14H31OP/c1-4-7-10-11-12-15-16(13-8-5-2)14-9-6-3/h4-14H2,1-3H3. The van der Waals surface area contributed by atoms with Crippen molar-refractivity contribution in [2.75, 3.05) is 18.9 Å². The maximum absolute atomic E-state index is 6.06. The van der Waals surface area contributed by atoms with E-state index in [0.717, 1.165) is 6.61 Å². The van der Waals surface area contributed by atoms with Gasteiger partial charge in [0.05, 0.1) is 6.61 Å². The molecule has 0 aliphatic rings. The van der Waals surface area contributed by atoms with E-state index >= 15 is 0 Å². The van der Waals surface area contributed by atoms with E-state index in [4.69, 9.17) is 4.52 Å². The van der Waals surface area contributed by atoms with Crippen LogP contribution in [-0.2, 0) is 4.52 Å². The third-order valence-corrected chi connectivity index (χ3v) is 4.97. The molecule has 0 aromatic heterocycles. The summed E-state index contributed by atoms with van der Waals surface area (Å²) in [7, 11) is -0.0933. The smallest absolute Gasteiger partial charge is 0.0508 e. The quantitative estimate of drug-likeness (QED) is 0.322. The van der Waals surface area contributed by atoms with E-state index in [9.17, 15) is 0 Å². The van der Waals surface area contributed by atoms with Gasteiger partial charge < -0.3 is 4.52 Å². The van der Waals surface area contributed by atoms with Gasteiger partial charge in [0.1, 0.15) is 0 Å². The first-order chi connectivity index (χ1) is 7.85. The largest absolute Gasteiger partial charge is 0.359 e. The molecule has 98 valence electrons. The lowest BCUT2D eigenvalue weighted by Gasteiger charge is -2.17. The summed E-state index contributed by atoms with van der Waals surface area (Å²) in [5, 5.41) is 0. The van der Waals surface area contributed by atoms with Gasteiger partial charge in [0.2, 0.25) is 0 Å². The first-order valence-corrected chi connectivity index (χ1v) is 8.86. The van der Waals surface area contributed by atoms with Gasteiger partial charge in [0.15, 0.2) is 0 Å². The first kappa shape index (κ1) is 16.4. The maximum Gasteiger partial charge on any atom is 0.0508 e. The molecule has 0 saturated heterocycles. The Morgan fingerprint density at radius 2 is 1.25 bits per heavy atom. The minimum absolute atomic E-state index is 0.0933. The molecule has 0 unspecified atom stereocenters. The first-order valence-electron chi connectivity index (χ1n) is 7.23. The molecule has 2 heteroatoms. The van der Waals surface area contributed by atoms with Gasteiger partial charge in [-0.05, 0) is 31.6 Å². The van der Waals surface area contributed by atoms with Crippen molar-refractivity contribution in [1.82, 2.24) is 0 Å². The van der Waals surface area contributed by atoms with E-state index in [0.29, 0.717) is 0 Å². The van der Waals surface area contributed by atoms with E-state index in [-0.39, 0.29) is 8.15 Å². The molecule has 1 nitrogen and oxygen atoms in total. The molecule has 0 aromatic rings. The van der Waals surface area contributed by atoms with Crippen LogP contribution < -0.4 is 0 Å². The van der Waals surface area contributed by atoms with Crippen LogP contribution in [0.1, 0.15) is 72.1 Å². The summed E-state index contributed by atoms with van der Waals surface area (Å²) in [6, 6.07) is 0. The molecule has 0 heterocycles. The van der Waals surface area contributed by atoms with Crippen molar-refractivity contribution in [2.45, 2.75) is 72.1 Å². The molecule has 0 aliphatic heterocycles. The zero-order valence-electron chi connectivity index (χ0n) is 11.6. The monoisotopic (exact) mass is 246 g/mol. The topological polar surface area (TPSA) is 9.23 Å². The lowest BCUT2D eigenvalue weighted by Crippen LogP contribution is -1.97. The number of rotatable bonds is 12. The number of hydrogen-bond donors (Lipinski definition) is 0. The van der Waals surface area contributed by atoms with E-state index < -0.39 is 0 Å². The van der Waals surface area contributed by atoms with Crippen molar-refractivity contribution in [1.29, 1.82) is 0 Å². The van der Waals surface area contributed by atoms with Gasteiger partial charge in [-0.25, -0.2) is 0 Å². The van der Waals surface area contributed by atoms with Crippen LogP contribution in [0.15, 0.2) is 0 Å². The van der Waals surface area contributed by atoms with Gasteiger partial charge in [0.25, 0.3) is 0 Å². The van der Waals surface area contributed by atoms with Crippen LogP contribution >= 0.6 is 8.15 Å². The average Bonchev–Trinajstić information content (AvgIpc) is 2.31. The van der Waals surface area contributed by atoms with Crippen LogP contribution in [0.4, 0.5) is 0 Å². The van der Waals surface area contributed by atoms with E-state index in [1.165, 1.54) is 63.7 Å². The SMILES string of the molecule is CCCCCCOP(CCCC)CCCC. The Morgan fingerprint density at radius 1 is 0.688 bits per heavy atom. The second-order valence-corrected chi connectivity index (χ2v) is 6.65. The lowest BCUT2D eigenvalue weighted by atomic mass is 10.2. The predicted octanol–water partition coefficient (Wildman–Crippen LogP) is 5.58. The molecular formula is C14H31OP. The van der Waals surface area contributed by atoms with Crippen LogP contribution in [0, 0.1) is 0 Å². The fourth-order valence-corrected chi connectivity index (χ4v) is 3.84. The van der Waals surface area contributed by atoms with Crippen molar-refractivity contribution < 1.29 is 4.52 Å². The molecule has 0 aliphatic carbocycles. The van der Waals surface area contributed by atoms with Crippen LogP contribution in [0.25, 0.3) is 0 Å². The highest BCUT2D eigenvalue weighted by Crippen LogP contribution is 2.39. The summed E-state index contributed by atoms with van der Waals surface area (Å²) < 4.78 is 6.06. The Kier molecular flexibility index (Phi) is 13.8. The highest BCUT2D eigenvalue weighted by atomic mass is 31.1. The molecule has 0 aromatic carbocycles. The molecular weight excluding hydrogens is 215 g/mol. The fourth-order valence-electron chi connectivity index (χ4n) is 1.63. The zero-order valence-corrected chi connectivity index (χ0v) is 12.5. The van der Waals surface area contributed by atoms with Gasteiger partial charge in [-0.2, -0.15) is 0 Å². The molecule has 0 fully saturated rings. The van der Waals surface area contributed by atoms with E-state index in [2.05, 4.69) is 20.8 Å². The van der Waals surface area contributed by atoms with E-state index in [1.807, 2.05) is 0 Å². The summed E-state index contributed by atoms with van der Waals surface area (Å²) in [5.74, 6) is 0. The molecule has 0 rings (SSSR count). The lowest BCUT2D eigenvalue weighted by molar-refractivity contribution is 0.335. The minimum Gasteiger partial charge on any atom is -0.359 e. The predicted molar refractivity (Wildman–Crippen MR) is 76.6 cm³/mol. The van der Waals surface area contributed by atoms with Gasteiger partial charge in [-0.3, -0.25) is 0 Å². The Morgan fingerprint density at radius 3 is 1.75 bits per heavy atom. The summed E-state index contributed by atoms with van der Waals surface area (Å²) in [6.45, 7) is 7.82. The Bertz CT molecular complexity index is 120. The van der Waals surface area contributed by atoms with Gasteiger partial charge >= 0.3 is 0 Å². The third kappa shape index (κ3) is 10.9. The molecule has 0 bridgehead atoms. The molecule has 0 spiro atoms. The molecule has 0 saturated carbocycles. The van der Waals surface area contributed by atoms with Crippen molar-refractivity contribution in [3.63, 3.8) is 0 Å². The van der Waals surface area contributed by atoms with Crippen LogP contribution in [-0.4, -0.2) is 18.9 Å². The Hall–Kier alpha value is 0.390. The summed E-state index contributed by atoms with van der Waals surface area (Å²) >= 11 is 0. The Balaban J connectivity index is 3.48. The zero-order chi connectivity index (χ0) is 12.1. The summed E-state index contributed by atoms with van der Waals surface area (Å²) in [6.07, 6.45) is 13.3. The normalized spacial score (nSPS) is 11.2. The summed E-state index contributed by atoms with van der Waals surface area (Å²) in [5.41, 5.74) is 0. The summed E-state index contributed by atoms with van der Waals surface area (Å²) in [4.78, 5) is 0. The molecule has 0 amide bonds. The second kappa shape index (κ2) is 13.5. The molecule has 16 heavy (non-hydrogen) atoms. The molecule has 0 atom stereocenters. The highest BCUT2D eigenvalue weighted by Gasteiger charge is 2.07. The maximum atomic E-state index is 6.06. The van der Waals surface area contributed by atoms with Crippen LogP contribution in [0.3, 0.4) is 0 Å². The highest BCUT2D eigenvalue weighted by molar-refractivity contribution is 7.52. The van der Waals surface area contributed by atoms with Gasteiger partial charge in [-0.15, -0.1) is 0 Å². The van der Waals surface area contributed by atoms with Crippen molar-refractivity contribution in [2.24, 2.45) is 0 Å². The van der Waals surface area contributed by atoms with Gasteiger partial charge in [0, 0.05) is 8.15 Å². The Labute approximate surface area is 104 Å². The second-order valence-electron chi connectivity index (χ2n) is 4.53. The molecule has 0 radical (unpaired) electrons. The van der Waals surface area contributed by atoms with Crippen LogP contribution in [0.2, 0.25) is 0 Å². The number of unbranched alkanes of at least 4 members (excludes halogenated alkanes) is 5. The van der Waals surface area contributed by atoms with Crippen molar-refractivity contribution >= 4 is 8.15 Å². The number of hydrogen-bond acceptors (Lipinski definition) is 1. The van der Waals surface area contributed by atoms with E-state index in [1.54, 1.807) is 0 Å².